The van der Waals surface area contributed by atoms with Crippen molar-refractivity contribution in [2.45, 2.75) is 13.3 Å². The fourth-order valence-corrected chi connectivity index (χ4v) is 3.48. The van der Waals surface area contributed by atoms with Gasteiger partial charge in [0.05, 0.1) is 17.5 Å². The van der Waals surface area contributed by atoms with Crippen molar-refractivity contribution in [2.75, 3.05) is 11.6 Å². The average molecular weight is 384 g/mol. The summed E-state index contributed by atoms with van der Waals surface area (Å²) < 4.78 is 0. The van der Waals surface area contributed by atoms with E-state index in [-0.39, 0.29) is 30.8 Å². The quantitative estimate of drug-likeness (QED) is 0.629. The van der Waals surface area contributed by atoms with Gasteiger partial charge in [0.25, 0.3) is 11.8 Å². The molecule has 1 aliphatic rings. The summed E-state index contributed by atoms with van der Waals surface area (Å²) in [5.41, 5.74) is 3.26. The first kappa shape index (κ1) is 18.6. The maximum atomic E-state index is 13.2. The minimum absolute atomic E-state index is 0.124. The first-order valence-corrected chi connectivity index (χ1v) is 9.41. The molecular weight excluding hydrogens is 364 g/mol. The van der Waals surface area contributed by atoms with Gasteiger partial charge < -0.3 is 0 Å². The molecule has 3 amide bonds. The summed E-state index contributed by atoms with van der Waals surface area (Å²) in [7, 11) is 0. The van der Waals surface area contributed by atoms with Crippen LogP contribution in [0.5, 0.6) is 0 Å². The van der Waals surface area contributed by atoms with E-state index in [4.69, 9.17) is 0 Å². The fourth-order valence-electron chi connectivity index (χ4n) is 3.48. The van der Waals surface area contributed by atoms with E-state index in [1.54, 1.807) is 24.3 Å². The maximum absolute atomic E-state index is 13.2. The summed E-state index contributed by atoms with van der Waals surface area (Å²) in [6.45, 7) is 1.81. The largest absolute Gasteiger partial charge is 0.293 e. The SMILES string of the molecule is Cc1cccc(N(CN2C(=O)c3ccccc3C2=O)C(=O)Cc2ccccc2)c1. The van der Waals surface area contributed by atoms with Crippen LogP contribution in [0.4, 0.5) is 5.69 Å². The minimum Gasteiger partial charge on any atom is -0.293 e. The Labute approximate surface area is 169 Å². The molecule has 5 heteroatoms. The molecule has 0 aromatic heterocycles. The Morgan fingerprint density at radius 3 is 2.07 bits per heavy atom. The van der Waals surface area contributed by atoms with Gasteiger partial charge in [-0.1, -0.05) is 54.6 Å². The number of carbonyl (C=O) groups is 3. The lowest BCUT2D eigenvalue weighted by molar-refractivity contribution is -0.118. The summed E-state index contributed by atoms with van der Waals surface area (Å²) in [6.07, 6.45) is 0.179. The van der Waals surface area contributed by atoms with Crippen molar-refractivity contribution >= 4 is 23.4 Å². The molecule has 0 unspecified atom stereocenters. The molecular formula is C24H20N2O3. The summed E-state index contributed by atoms with van der Waals surface area (Å²) in [6, 6.07) is 23.6. The van der Waals surface area contributed by atoms with Crippen LogP contribution in [0.25, 0.3) is 0 Å². The van der Waals surface area contributed by atoms with Crippen molar-refractivity contribution < 1.29 is 14.4 Å². The van der Waals surface area contributed by atoms with Crippen LogP contribution in [0, 0.1) is 6.92 Å². The summed E-state index contributed by atoms with van der Waals surface area (Å²) in [4.78, 5) is 41.4. The Morgan fingerprint density at radius 2 is 1.45 bits per heavy atom. The van der Waals surface area contributed by atoms with Gasteiger partial charge in [0, 0.05) is 5.69 Å². The second-order valence-electron chi connectivity index (χ2n) is 7.05. The van der Waals surface area contributed by atoms with Gasteiger partial charge in [-0.15, -0.1) is 0 Å². The molecule has 1 heterocycles. The van der Waals surface area contributed by atoms with Crippen molar-refractivity contribution in [3.8, 4) is 0 Å². The van der Waals surface area contributed by atoms with E-state index in [1.165, 1.54) is 4.90 Å². The first-order chi connectivity index (χ1) is 14.0. The van der Waals surface area contributed by atoms with Crippen molar-refractivity contribution in [1.82, 2.24) is 4.90 Å². The van der Waals surface area contributed by atoms with Crippen LogP contribution in [0.2, 0.25) is 0 Å². The Morgan fingerprint density at radius 1 is 0.828 bits per heavy atom. The van der Waals surface area contributed by atoms with E-state index in [9.17, 15) is 14.4 Å². The predicted molar refractivity (Wildman–Crippen MR) is 111 cm³/mol. The number of rotatable bonds is 5. The Balaban J connectivity index is 1.65. The molecule has 0 saturated heterocycles. The van der Waals surface area contributed by atoms with Crippen LogP contribution < -0.4 is 4.90 Å². The molecule has 1 aliphatic heterocycles. The van der Waals surface area contributed by atoms with E-state index >= 15 is 0 Å². The number of imide groups is 1. The smallest absolute Gasteiger partial charge is 0.263 e. The second-order valence-corrected chi connectivity index (χ2v) is 7.05. The molecule has 0 aliphatic carbocycles. The van der Waals surface area contributed by atoms with Crippen LogP contribution in [0.15, 0.2) is 78.9 Å². The average Bonchev–Trinajstić information content (AvgIpc) is 2.97. The molecule has 0 fully saturated rings. The molecule has 3 aromatic carbocycles. The van der Waals surface area contributed by atoms with Gasteiger partial charge in [-0.25, -0.2) is 0 Å². The Hall–Kier alpha value is -3.73. The monoisotopic (exact) mass is 384 g/mol. The lowest BCUT2D eigenvalue weighted by Crippen LogP contribution is -2.45. The van der Waals surface area contributed by atoms with Crippen LogP contribution >= 0.6 is 0 Å². The molecule has 0 radical (unpaired) electrons. The highest BCUT2D eigenvalue weighted by atomic mass is 16.2. The van der Waals surface area contributed by atoms with Gasteiger partial charge in [-0.05, 0) is 42.3 Å². The lowest BCUT2D eigenvalue weighted by atomic mass is 10.1. The van der Waals surface area contributed by atoms with Gasteiger partial charge in [-0.2, -0.15) is 0 Å². The van der Waals surface area contributed by atoms with Crippen molar-refractivity contribution in [1.29, 1.82) is 0 Å². The number of fused-ring (bicyclic) bond motifs is 1. The summed E-state index contributed by atoms with van der Waals surface area (Å²) in [5.74, 6) is -0.940. The molecule has 4 rings (SSSR count). The molecule has 3 aromatic rings. The van der Waals surface area contributed by atoms with Crippen molar-refractivity contribution in [3.63, 3.8) is 0 Å². The normalized spacial score (nSPS) is 12.8. The predicted octanol–water partition coefficient (Wildman–Crippen LogP) is 3.82. The highest BCUT2D eigenvalue weighted by molar-refractivity contribution is 6.21. The van der Waals surface area contributed by atoms with Crippen LogP contribution in [-0.4, -0.2) is 29.3 Å². The standard InChI is InChI=1S/C24H20N2O3/c1-17-8-7-11-19(14-17)25(22(27)15-18-9-3-2-4-10-18)16-26-23(28)20-12-5-6-13-21(20)24(26)29/h2-14H,15-16H2,1H3. The third-order valence-corrected chi connectivity index (χ3v) is 4.97. The topological polar surface area (TPSA) is 57.7 Å². The summed E-state index contributed by atoms with van der Waals surface area (Å²) in [5, 5.41) is 0. The van der Waals surface area contributed by atoms with Gasteiger partial charge in [0.15, 0.2) is 0 Å². The first-order valence-electron chi connectivity index (χ1n) is 9.41. The molecule has 0 saturated carbocycles. The zero-order valence-electron chi connectivity index (χ0n) is 16.0. The third kappa shape index (κ3) is 3.67. The highest BCUT2D eigenvalue weighted by Crippen LogP contribution is 2.25. The molecule has 5 nitrogen and oxygen atoms in total. The zero-order chi connectivity index (χ0) is 20.4. The van der Waals surface area contributed by atoms with Crippen LogP contribution in [-0.2, 0) is 11.2 Å². The van der Waals surface area contributed by atoms with E-state index in [0.29, 0.717) is 16.8 Å². The number of anilines is 1. The zero-order valence-corrected chi connectivity index (χ0v) is 16.0. The summed E-state index contributed by atoms with van der Waals surface area (Å²) >= 11 is 0. The minimum atomic E-state index is -0.379. The van der Waals surface area contributed by atoms with E-state index in [1.807, 2.05) is 61.5 Å². The number of amides is 3. The number of hydrogen-bond acceptors (Lipinski definition) is 3. The lowest BCUT2D eigenvalue weighted by Gasteiger charge is -2.27. The van der Waals surface area contributed by atoms with Crippen molar-refractivity contribution in [3.05, 3.63) is 101 Å². The number of hydrogen-bond donors (Lipinski definition) is 0. The molecule has 144 valence electrons. The number of nitrogens with zero attached hydrogens (tertiary/aromatic N) is 2. The van der Waals surface area contributed by atoms with Gasteiger partial charge in [-0.3, -0.25) is 24.2 Å². The highest BCUT2D eigenvalue weighted by Gasteiger charge is 2.37. The number of carbonyl (C=O) groups excluding carboxylic acids is 3. The van der Waals surface area contributed by atoms with Crippen LogP contribution in [0.3, 0.4) is 0 Å². The Bertz CT molecular complexity index is 1060. The van der Waals surface area contributed by atoms with E-state index in [0.717, 1.165) is 16.0 Å². The maximum Gasteiger partial charge on any atom is 0.263 e. The Kier molecular flexibility index (Phi) is 4.96. The van der Waals surface area contributed by atoms with Crippen LogP contribution in [0.1, 0.15) is 31.8 Å². The van der Waals surface area contributed by atoms with Gasteiger partial charge in [0.1, 0.15) is 6.67 Å². The van der Waals surface area contributed by atoms with E-state index < -0.39 is 0 Å². The number of benzene rings is 3. The molecule has 0 atom stereocenters. The fraction of sp³-hybridized carbons (Fsp3) is 0.125. The molecule has 0 N–H and O–H groups in total. The third-order valence-electron chi connectivity index (χ3n) is 4.97. The molecule has 0 bridgehead atoms. The van der Waals surface area contributed by atoms with Crippen molar-refractivity contribution in [2.24, 2.45) is 0 Å². The van der Waals surface area contributed by atoms with E-state index in [2.05, 4.69) is 0 Å². The van der Waals surface area contributed by atoms with Gasteiger partial charge in [0.2, 0.25) is 5.91 Å². The number of aryl methyl sites for hydroxylation is 1. The molecule has 29 heavy (non-hydrogen) atoms. The second kappa shape index (κ2) is 7.72. The molecule has 0 spiro atoms. The van der Waals surface area contributed by atoms with Gasteiger partial charge >= 0.3 is 0 Å².